The van der Waals surface area contributed by atoms with E-state index in [2.05, 4.69) is 20.4 Å². The molecule has 1 aromatic heterocycles. The van der Waals surface area contributed by atoms with Gasteiger partial charge in [-0.3, -0.25) is 0 Å². The molecule has 1 N–H and O–H groups in total. The zero-order chi connectivity index (χ0) is 10.5. The molecule has 0 unspecified atom stereocenters. The zero-order valence-electron chi connectivity index (χ0n) is 8.90. The van der Waals surface area contributed by atoms with Gasteiger partial charge in [-0.05, 0) is 0 Å². The van der Waals surface area contributed by atoms with Gasteiger partial charge in [-0.2, -0.15) is 4.98 Å². The van der Waals surface area contributed by atoms with Gasteiger partial charge >= 0.3 is 6.01 Å². The standard InChI is InChI=1S/C9H16N4O2/c1-14-7-2-8-11-9(15-12-8)13-5-3-10-4-6-13/h10H,2-7H2,1H3. The number of nitrogens with one attached hydrogen (secondary N) is 1. The largest absolute Gasteiger partial charge is 0.384 e. The number of piperazine rings is 1. The van der Waals surface area contributed by atoms with Crippen LogP contribution in [0, 0.1) is 0 Å². The number of methoxy groups -OCH3 is 1. The fraction of sp³-hybridized carbons (Fsp3) is 0.778. The Morgan fingerprint density at radius 1 is 1.47 bits per heavy atom. The van der Waals surface area contributed by atoms with Gasteiger partial charge < -0.3 is 19.5 Å². The lowest BCUT2D eigenvalue weighted by Gasteiger charge is -2.24. The second-order valence-corrected chi connectivity index (χ2v) is 3.47. The molecule has 2 rings (SSSR count). The maximum Gasteiger partial charge on any atom is 0.324 e. The Bertz CT molecular complexity index is 296. The van der Waals surface area contributed by atoms with Crippen molar-refractivity contribution in [3.05, 3.63) is 5.82 Å². The summed E-state index contributed by atoms with van der Waals surface area (Å²) in [5, 5.41) is 7.17. The summed E-state index contributed by atoms with van der Waals surface area (Å²) < 4.78 is 10.1. The van der Waals surface area contributed by atoms with Crippen LogP contribution in [0.2, 0.25) is 0 Å². The molecule has 0 amide bonds. The minimum absolute atomic E-state index is 0.626. The Kier molecular flexibility index (Phi) is 3.52. The number of nitrogens with zero attached hydrogens (tertiary/aromatic N) is 3. The Morgan fingerprint density at radius 3 is 3.00 bits per heavy atom. The van der Waals surface area contributed by atoms with Gasteiger partial charge in [0.05, 0.1) is 6.61 Å². The van der Waals surface area contributed by atoms with Gasteiger partial charge in [-0.15, -0.1) is 0 Å². The maximum atomic E-state index is 5.18. The summed E-state index contributed by atoms with van der Waals surface area (Å²) in [5.41, 5.74) is 0. The molecule has 6 nitrogen and oxygen atoms in total. The highest BCUT2D eigenvalue weighted by atomic mass is 16.5. The van der Waals surface area contributed by atoms with Gasteiger partial charge in [0.25, 0.3) is 0 Å². The number of anilines is 1. The van der Waals surface area contributed by atoms with Gasteiger partial charge in [-0.1, -0.05) is 5.16 Å². The summed E-state index contributed by atoms with van der Waals surface area (Å²) >= 11 is 0. The van der Waals surface area contributed by atoms with Crippen molar-refractivity contribution in [2.75, 3.05) is 44.8 Å². The second-order valence-electron chi connectivity index (χ2n) is 3.47. The average molecular weight is 212 g/mol. The molecular formula is C9H16N4O2. The van der Waals surface area contributed by atoms with Gasteiger partial charge in [-0.25, -0.2) is 0 Å². The Labute approximate surface area is 88.6 Å². The lowest BCUT2D eigenvalue weighted by atomic mass is 10.4. The highest BCUT2D eigenvalue weighted by Gasteiger charge is 2.16. The molecule has 0 aliphatic carbocycles. The minimum atomic E-state index is 0.626. The molecule has 0 bridgehead atoms. The molecule has 6 heteroatoms. The van der Waals surface area contributed by atoms with E-state index in [9.17, 15) is 0 Å². The quantitative estimate of drug-likeness (QED) is 0.737. The smallest absolute Gasteiger partial charge is 0.324 e. The van der Waals surface area contributed by atoms with Crippen molar-refractivity contribution in [1.82, 2.24) is 15.5 Å². The third-order valence-electron chi connectivity index (χ3n) is 2.37. The molecule has 1 saturated heterocycles. The first kappa shape index (κ1) is 10.4. The second kappa shape index (κ2) is 5.09. The molecule has 0 radical (unpaired) electrons. The van der Waals surface area contributed by atoms with E-state index in [1.54, 1.807) is 7.11 Å². The van der Waals surface area contributed by atoms with E-state index < -0.39 is 0 Å². The molecule has 1 aliphatic heterocycles. The first-order valence-electron chi connectivity index (χ1n) is 5.17. The normalized spacial score (nSPS) is 17.0. The van der Waals surface area contributed by atoms with Crippen LogP contribution >= 0.6 is 0 Å². The molecule has 84 valence electrons. The predicted molar refractivity (Wildman–Crippen MR) is 55.0 cm³/mol. The third-order valence-corrected chi connectivity index (χ3v) is 2.37. The van der Waals surface area contributed by atoms with E-state index in [-0.39, 0.29) is 0 Å². The fourth-order valence-electron chi connectivity index (χ4n) is 1.52. The van der Waals surface area contributed by atoms with E-state index in [1.807, 2.05) is 0 Å². The summed E-state index contributed by atoms with van der Waals surface area (Å²) in [7, 11) is 1.66. The van der Waals surface area contributed by atoms with Crippen LogP contribution in [-0.4, -0.2) is 50.0 Å². The van der Waals surface area contributed by atoms with E-state index in [1.165, 1.54) is 0 Å². The molecule has 1 aromatic rings. The van der Waals surface area contributed by atoms with Crippen LogP contribution in [0.15, 0.2) is 4.52 Å². The van der Waals surface area contributed by atoms with E-state index in [0.29, 0.717) is 24.9 Å². The number of aromatic nitrogens is 2. The molecule has 1 aliphatic rings. The lowest BCUT2D eigenvalue weighted by Crippen LogP contribution is -2.43. The molecule has 2 heterocycles. The lowest BCUT2D eigenvalue weighted by molar-refractivity contribution is 0.199. The van der Waals surface area contributed by atoms with Crippen molar-refractivity contribution in [2.45, 2.75) is 6.42 Å². The zero-order valence-corrected chi connectivity index (χ0v) is 8.90. The van der Waals surface area contributed by atoms with Crippen LogP contribution in [0.5, 0.6) is 0 Å². The molecule has 0 aromatic carbocycles. The summed E-state index contributed by atoms with van der Waals surface area (Å²) in [6.07, 6.45) is 0.700. The minimum Gasteiger partial charge on any atom is -0.384 e. The van der Waals surface area contributed by atoms with Crippen molar-refractivity contribution in [2.24, 2.45) is 0 Å². The van der Waals surface area contributed by atoms with Crippen molar-refractivity contribution >= 4 is 6.01 Å². The molecule has 15 heavy (non-hydrogen) atoms. The average Bonchev–Trinajstić information content (AvgIpc) is 2.76. The molecular weight excluding hydrogens is 196 g/mol. The third kappa shape index (κ3) is 2.66. The summed E-state index contributed by atoms with van der Waals surface area (Å²) in [5.74, 6) is 0.713. The Morgan fingerprint density at radius 2 is 2.27 bits per heavy atom. The van der Waals surface area contributed by atoms with Gasteiger partial charge in [0.15, 0.2) is 5.82 Å². The summed E-state index contributed by atoms with van der Waals surface area (Å²) in [6, 6.07) is 0.627. The van der Waals surface area contributed by atoms with E-state index in [4.69, 9.17) is 9.26 Å². The van der Waals surface area contributed by atoms with Crippen LogP contribution in [0.25, 0.3) is 0 Å². The van der Waals surface area contributed by atoms with Crippen LogP contribution < -0.4 is 10.2 Å². The highest BCUT2D eigenvalue weighted by molar-refractivity contribution is 5.25. The monoisotopic (exact) mass is 212 g/mol. The first-order valence-corrected chi connectivity index (χ1v) is 5.17. The topological polar surface area (TPSA) is 63.4 Å². The van der Waals surface area contributed by atoms with E-state index >= 15 is 0 Å². The van der Waals surface area contributed by atoms with Crippen LogP contribution in [0.4, 0.5) is 6.01 Å². The van der Waals surface area contributed by atoms with Crippen molar-refractivity contribution in [3.63, 3.8) is 0 Å². The van der Waals surface area contributed by atoms with Crippen LogP contribution in [0.1, 0.15) is 5.82 Å². The maximum absolute atomic E-state index is 5.18. The van der Waals surface area contributed by atoms with Crippen molar-refractivity contribution < 1.29 is 9.26 Å². The molecule has 0 atom stereocenters. The molecule has 0 spiro atoms. The SMILES string of the molecule is COCCc1noc(N2CCNCC2)n1. The summed E-state index contributed by atoms with van der Waals surface area (Å²) in [6.45, 7) is 4.41. The number of ether oxygens (including phenoxy) is 1. The number of hydrogen-bond donors (Lipinski definition) is 1. The number of hydrogen-bond acceptors (Lipinski definition) is 6. The predicted octanol–water partition coefficient (Wildman–Crippen LogP) is -0.332. The van der Waals surface area contributed by atoms with Crippen LogP contribution in [-0.2, 0) is 11.2 Å². The molecule has 0 saturated carbocycles. The van der Waals surface area contributed by atoms with Crippen molar-refractivity contribution in [3.8, 4) is 0 Å². The fourth-order valence-corrected chi connectivity index (χ4v) is 1.52. The van der Waals surface area contributed by atoms with Gasteiger partial charge in [0, 0.05) is 39.7 Å². The molecule has 1 fully saturated rings. The summed E-state index contributed by atoms with van der Waals surface area (Å²) in [4.78, 5) is 6.41. The number of rotatable bonds is 4. The van der Waals surface area contributed by atoms with Crippen LogP contribution in [0.3, 0.4) is 0 Å². The van der Waals surface area contributed by atoms with Crippen molar-refractivity contribution in [1.29, 1.82) is 0 Å². The first-order chi connectivity index (χ1) is 7.40. The Balaban J connectivity index is 1.93. The highest BCUT2D eigenvalue weighted by Crippen LogP contribution is 2.11. The van der Waals surface area contributed by atoms with Gasteiger partial charge in [0.1, 0.15) is 0 Å². The van der Waals surface area contributed by atoms with Gasteiger partial charge in [0.2, 0.25) is 0 Å². The van der Waals surface area contributed by atoms with E-state index in [0.717, 1.165) is 26.2 Å². The Hall–Kier alpha value is -1.14.